The summed E-state index contributed by atoms with van der Waals surface area (Å²) in [5.41, 5.74) is 0. The first kappa shape index (κ1) is 20.1. The normalized spacial score (nSPS) is 22.9. The van der Waals surface area contributed by atoms with E-state index in [1.807, 2.05) is 25.1 Å². The van der Waals surface area contributed by atoms with Gasteiger partial charge >= 0.3 is 12.0 Å². The van der Waals surface area contributed by atoms with Crippen LogP contribution >= 0.6 is 11.6 Å². The molecular formula is C21H26ClN7O2. The highest BCUT2D eigenvalue weighted by Gasteiger charge is 2.43. The molecule has 0 amide bonds. The highest BCUT2D eigenvalue weighted by atomic mass is 35.5. The van der Waals surface area contributed by atoms with Crippen LogP contribution in [-0.4, -0.2) is 44.0 Å². The van der Waals surface area contributed by atoms with Gasteiger partial charge in [0.1, 0.15) is 5.75 Å². The number of hydrogen-bond acceptors (Lipinski definition) is 8. The molecule has 1 saturated heterocycles. The van der Waals surface area contributed by atoms with E-state index < -0.39 is 0 Å². The van der Waals surface area contributed by atoms with Crippen LogP contribution in [0.25, 0.3) is 0 Å². The van der Waals surface area contributed by atoms with Crippen LogP contribution in [0.4, 0.5) is 12.0 Å². The summed E-state index contributed by atoms with van der Waals surface area (Å²) < 4.78 is 13.2. The molecule has 10 heteroatoms. The van der Waals surface area contributed by atoms with E-state index in [1.54, 1.807) is 10.7 Å². The molecule has 9 nitrogen and oxygen atoms in total. The molecular weight excluding hydrogens is 418 g/mol. The number of nitrogens with zero attached hydrogens (tertiary/aromatic N) is 6. The van der Waals surface area contributed by atoms with Crippen molar-refractivity contribution < 1.29 is 9.26 Å². The van der Waals surface area contributed by atoms with Gasteiger partial charge in [-0.05, 0) is 63.6 Å². The van der Waals surface area contributed by atoms with Crippen molar-refractivity contribution in [3.8, 4) is 11.8 Å². The van der Waals surface area contributed by atoms with Crippen molar-refractivity contribution in [1.82, 2.24) is 24.9 Å². The molecule has 1 aromatic carbocycles. The average molecular weight is 444 g/mol. The van der Waals surface area contributed by atoms with Gasteiger partial charge in [-0.25, -0.2) is 4.68 Å². The Kier molecular flexibility index (Phi) is 5.21. The number of hydrogen-bond donors (Lipinski definition) is 1. The molecule has 5 rings (SSSR count). The van der Waals surface area contributed by atoms with Crippen LogP contribution in [-0.2, 0) is 0 Å². The summed E-state index contributed by atoms with van der Waals surface area (Å²) in [4.78, 5) is 11.2. The number of rotatable bonds is 6. The molecule has 0 radical (unpaired) electrons. The van der Waals surface area contributed by atoms with E-state index >= 15 is 0 Å². The van der Waals surface area contributed by atoms with Crippen molar-refractivity contribution in [3.05, 3.63) is 35.1 Å². The first-order valence-electron chi connectivity index (χ1n) is 10.7. The van der Waals surface area contributed by atoms with Crippen LogP contribution in [0, 0.1) is 18.8 Å². The van der Waals surface area contributed by atoms with Gasteiger partial charge in [-0.15, -0.1) is 5.10 Å². The molecule has 1 N–H and O–H groups in total. The summed E-state index contributed by atoms with van der Waals surface area (Å²) in [6.07, 6.45) is 2.31. The second-order valence-corrected chi connectivity index (χ2v) is 9.05. The van der Waals surface area contributed by atoms with Crippen molar-refractivity contribution in [1.29, 1.82) is 0 Å². The van der Waals surface area contributed by atoms with Gasteiger partial charge in [0.15, 0.2) is 5.82 Å². The minimum Gasteiger partial charge on any atom is -0.424 e. The van der Waals surface area contributed by atoms with E-state index in [2.05, 4.69) is 44.3 Å². The van der Waals surface area contributed by atoms with E-state index in [-0.39, 0.29) is 6.04 Å². The summed E-state index contributed by atoms with van der Waals surface area (Å²) in [7, 11) is 0. The van der Waals surface area contributed by atoms with Gasteiger partial charge in [-0.3, -0.25) is 0 Å². The summed E-state index contributed by atoms with van der Waals surface area (Å²) in [6, 6.07) is 8.77. The lowest BCUT2D eigenvalue weighted by Crippen LogP contribution is -2.48. The van der Waals surface area contributed by atoms with Crippen molar-refractivity contribution >= 4 is 23.6 Å². The van der Waals surface area contributed by atoms with E-state index in [0.29, 0.717) is 52.4 Å². The number of halogens is 1. The van der Waals surface area contributed by atoms with Gasteiger partial charge in [0, 0.05) is 24.2 Å². The summed E-state index contributed by atoms with van der Waals surface area (Å²) in [6.45, 7) is 7.71. The maximum atomic E-state index is 6.09. The number of fused-ring (bicyclic) bond motifs is 2. The molecule has 1 aliphatic heterocycles. The number of aryl methyl sites for hydroxylation is 1. The van der Waals surface area contributed by atoms with Crippen LogP contribution in [0.1, 0.15) is 38.6 Å². The highest BCUT2D eigenvalue weighted by Crippen LogP contribution is 2.40. The molecule has 1 aliphatic carbocycles. The summed E-state index contributed by atoms with van der Waals surface area (Å²) >= 11 is 6.09. The Morgan fingerprint density at radius 3 is 2.61 bits per heavy atom. The molecule has 164 valence electrons. The Bertz CT molecular complexity index is 1050. The van der Waals surface area contributed by atoms with Gasteiger partial charge in [-0.2, -0.15) is 9.97 Å². The molecule has 3 aromatic rings. The van der Waals surface area contributed by atoms with E-state index in [4.69, 9.17) is 20.9 Å². The molecule has 1 saturated carbocycles. The fourth-order valence-corrected chi connectivity index (χ4v) is 4.77. The molecule has 2 bridgehead atoms. The van der Waals surface area contributed by atoms with Gasteiger partial charge < -0.3 is 19.5 Å². The number of piperidine rings is 1. The van der Waals surface area contributed by atoms with Crippen LogP contribution < -0.4 is 15.0 Å². The maximum absolute atomic E-state index is 6.09. The summed E-state index contributed by atoms with van der Waals surface area (Å²) in [5, 5.41) is 12.8. The third-order valence-electron chi connectivity index (χ3n) is 6.01. The molecule has 2 aromatic heterocycles. The van der Waals surface area contributed by atoms with Crippen LogP contribution in [0.5, 0.6) is 11.8 Å². The van der Waals surface area contributed by atoms with Gasteiger partial charge in [0.05, 0.1) is 6.04 Å². The minimum absolute atomic E-state index is 0.108. The third-order valence-corrected chi connectivity index (χ3v) is 6.25. The first-order valence-corrected chi connectivity index (χ1v) is 11.1. The monoisotopic (exact) mass is 443 g/mol. The second-order valence-electron chi connectivity index (χ2n) is 8.61. The lowest BCUT2D eigenvalue weighted by atomic mass is 9.92. The Morgan fingerprint density at radius 2 is 1.97 bits per heavy atom. The smallest absolute Gasteiger partial charge is 0.324 e. The first-order chi connectivity index (χ1) is 15.0. The lowest BCUT2D eigenvalue weighted by Gasteiger charge is -2.37. The van der Waals surface area contributed by atoms with Crippen molar-refractivity contribution in [2.45, 2.75) is 45.7 Å². The largest absolute Gasteiger partial charge is 0.424 e. The molecule has 2 aliphatic rings. The predicted molar refractivity (Wildman–Crippen MR) is 117 cm³/mol. The van der Waals surface area contributed by atoms with E-state index in [1.165, 1.54) is 0 Å². The summed E-state index contributed by atoms with van der Waals surface area (Å²) in [5.74, 6) is 2.83. The fraction of sp³-hybridized carbons (Fsp3) is 0.524. The van der Waals surface area contributed by atoms with E-state index in [9.17, 15) is 0 Å². The third kappa shape index (κ3) is 4.06. The van der Waals surface area contributed by atoms with Crippen molar-refractivity contribution in [3.63, 3.8) is 0 Å². The Balaban J connectivity index is 1.32. The Morgan fingerprint density at radius 1 is 1.19 bits per heavy atom. The number of anilines is 2. The molecule has 3 atom stereocenters. The SMILES string of the molecule is Cc1noc(N2C[C@H]3CC[C@@H](C2)[C@H]3Nc2nc(Oc3cccc(Cl)c3)n(C(C)C)n2)n1. The zero-order chi connectivity index (χ0) is 21.5. The Hall–Kier alpha value is -2.81. The highest BCUT2D eigenvalue weighted by molar-refractivity contribution is 6.30. The molecule has 3 heterocycles. The van der Waals surface area contributed by atoms with Crippen LogP contribution in [0.3, 0.4) is 0 Å². The number of ether oxygens (including phenoxy) is 1. The number of nitrogens with one attached hydrogen (secondary N) is 1. The quantitative estimate of drug-likeness (QED) is 0.601. The van der Waals surface area contributed by atoms with E-state index in [0.717, 1.165) is 25.9 Å². The predicted octanol–water partition coefficient (Wildman–Crippen LogP) is 4.32. The topological polar surface area (TPSA) is 94.1 Å². The van der Waals surface area contributed by atoms with Crippen LogP contribution in [0.15, 0.2) is 28.8 Å². The average Bonchev–Trinajstić information content (AvgIpc) is 3.39. The zero-order valence-corrected chi connectivity index (χ0v) is 18.6. The molecule has 2 fully saturated rings. The van der Waals surface area contributed by atoms with Gasteiger partial charge in [0.2, 0.25) is 5.95 Å². The zero-order valence-electron chi connectivity index (χ0n) is 17.8. The molecule has 0 spiro atoms. The Labute approximate surface area is 185 Å². The van der Waals surface area contributed by atoms with Gasteiger partial charge in [-0.1, -0.05) is 22.8 Å². The van der Waals surface area contributed by atoms with Crippen molar-refractivity contribution in [2.75, 3.05) is 23.3 Å². The van der Waals surface area contributed by atoms with Crippen molar-refractivity contribution in [2.24, 2.45) is 11.8 Å². The van der Waals surface area contributed by atoms with Crippen LogP contribution in [0.2, 0.25) is 5.02 Å². The van der Waals surface area contributed by atoms with Gasteiger partial charge in [0.25, 0.3) is 0 Å². The second kappa shape index (κ2) is 8.03. The maximum Gasteiger partial charge on any atom is 0.324 e. The minimum atomic E-state index is 0.108. The number of aromatic nitrogens is 5. The standard InChI is InChI=1S/C21H26ClN7O2/c1-12(2)29-21(30-17-6-4-5-16(22)9-17)25-19(26-29)24-18-14-7-8-15(18)11-28(10-14)20-23-13(3)27-31-20/h4-6,9,12,14-15,18H,7-8,10-11H2,1-3H3,(H,24,26)/t14-,15+,18+. The fourth-order valence-electron chi connectivity index (χ4n) is 4.59. The number of benzene rings is 1. The molecule has 31 heavy (non-hydrogen) atoms. The lowest BCUT2D eigenvalue weighted by molar-refractivity contribution is 0.340. The molecule has 0 unspecified atom stereocenters.